The summed E-state index contributed by atoms with van der Waals surface area (Å²) in [7, 11) is -3.61. The predicted molar refractivity (Wildman–Crippen MR) is 82.5 cm³/mol. The van der Waals surface area contributed by atoms with E-state index in [1.165, 1.54) is 4.31 Å². The average molecular weight is 337 g/mol. The highest BCUT2D eigenvalue weighted by molar-refractivity contribution is 7.89. The minimum Gasteiger partial charge on any atom is -0.494 e. The Morgan fingerprint density at radius 3 is 2.70 bits per heavy atom. The molecule has 124 valence electrons. The second-order valence-electron chi connectivity index (χ2n) is 5.36. The van der Waals surface area contributed by atoms with Crippen molar-refractivity contribution in [2.45, 2.75) is 37.6 Å². The van der Waals surface area contributed by atoms with Gasteiger partial charge in [-0.1, -0.05) is 5.16 Å². The molecular formula is C15H19N3O4S. The van der Waals surface area contributed by atoms with Crippen LogP contribution in [0.15, 0.2) is 33.7 Å². The molecule has 1 aliphatic heterocycles. The van der Waals surface area contributed by atoms with E-state index in [1.807, 2.05) is 6.92 Å². The maximum atomic E-state index is 12.9. The lowest BCUT2D eigenvalue weighted by molar-refractivity contribution is 0.289. The van der Waals surface area contributed by atoms with Gasteiger partial charge >= 0.3 is 0 Å². The van der Waals surface area contributed by atoms with Gasteiger partial charge in [-0.3, -0.25) is 0 Å². The van der Waals surface area contributed by atoms with Crippen LogP contribution in [0.4, 0.5) is 0 Å². The van der Waals surface area contributed by atoms with E-state index >= 15 is 0 Å². The van der Waals surface area contributed by atoms with Crippen LogP contribution < -0.4 is 4.74 Å². The summed E-state index contributed by atoms with van der Waals surface area (Å²) in [6.45, 7) is 4.58. The molecule has 2 aromatic rings. The fourth-order valence-corrected chi connectivity index (χ4v) is 4.38. The lowest BCUT2D eigenvalue weighted by atomic mass is 10.2. The maximum absolute atomic E-state index is 12.9. The third kappa shape index (κ3) is 3.09. The van der Waals surface area contributed by atoms with Crippen molar-refractivity contribution in [3.05, 3.63) is 36.0 Å². The van der Waals surface area contributed by atoms with Gasteiger partial charge in [0.05, 0.1) is 11.5 Å². The lowest BCUT2D eigenvalue weighted by Gasteiger charge is -2.21. The average Bonchev–Trinajstić information content (AvgIpc) is 3.17. The fraction of sp³-hybridized carbons (Fsp3) is 0.467. The molecule has 1 aromatic carbocycles. The first-order valence-corrected chi connectivity index (χ1v) is 9.01. The van der Waals surface area contributed by atoms with E-state index < -0.39 is 16.1 Å². The zero-order chi connectivity index (χ0) is 16.4. The number of aryl methyl sites for hydroxylation is 1. The fourth-order valence-electron chi connectivity index (χ4n) is 2.73. The minimum absolute atomic E-state index is 0.240. The Labute approximate surface area is 135 Å². The van der Waals surface area contributed by atoms with Crippen molar-refractivity contribution in [3.8, 4) is 5.75 Å². The first kappa shape index (κ1) is 15.9. The number of benzene rings is 1. The summed E-state index contributed by atoms with van der Waals surface area (Å²) in [6.07, 6.45) is 1.44. The molecule has 1 atom stereocenters. The standard InChI is InChI=1S/C15H19N3O4S/c1-3-21-12-6-8-13(9-7-12)23(19,20)18-10-4-5-14(18)15-16-11(2)17-22-15/h6-9,14H,3-5,10H2,1-2H3. The molecule has 3 rings (SSSR count). The van der Waals surface area contributed by atoms with Crippen molar-refractivity contribution in [1.29, 1.82) is 0 Å². The van der Waals surface area contributed by atoms with Gasteiger partial charge in [-0.05, 0) is 51.0 Å². The van der Waals surface area contributed by atoms with Crippen LogP contribution in [0.1, 0.15) is 37.5 Å². The van der Waals surface area contributed by atoms with Crippen LogP contribution in [0.3, 0.4) is 0 Å². The molecule has 8 heteroatoms. The van der Waals surface area contributed by atoms with Crippen LogP contribution in [0.5, 0.6) is 5.75 Å². The van der Waals surface area contributed by atoms with Crippen LogP contribution in [-0.2, 0) is 10.0 Å². The summed E-state index contributed by atoms with van der Waals surface area (Å²) >= 11 is 0. The molecule has 1 aliphatic rings. The van der Waals surface area contributed by atoms with Gasteiger partial charge < -0.3 is 9.26 Å². The molecule has 0 amide bonds. The summed E-state index contributed by atoms with van der Waals surface area (Å²) in [4.78, 5) is 4.42. The maximum Gasteiger partial charge on any atom is 0.245 e. The summed E-state index contributed by atoms with van der Waals surface area (Å²) in [5.74, 6) is 1.51. The molecule has 1 unspecified atom stereocenters. The number of rotatable bonds is 5. The Bertz CT molecular complexity index is 770. The number of hydrogen-bond donors (Lipinski definition) is 0. The van der Waals surface area contributed by atoms with E-state index in [0.717, 1.165) is 6.42 Å². The summed E-state index contributed by atoms with van der Waals surface area (Å²) < 4.78 is 37.7. The third-order valence-electron chi connectivity index (χ3n) is 3.77. The molecule has 2 heterocycles. The topological polar surface area (TPSA) is 85.5 Å². The highest BCUT2D eigenvalue weighted by Crippen LogP contribution is 2.36. The summed E-state index contributed by atoms with van der Waals surface area (Å²) in [6, 6.07) is 6.06. The van der Waals surface area contributed by atoms with E-state index in [0.29, 0.717) is 37.0 Å². The SMILES string of the molecule is CCOc1ccc(S(=O)(=O)N2CCCC2c2nc(C)no2)cc1. The predicted octanol–water partition coefficient (Wildman–Crippen LogP) is 2.30. The van der Waals surface area contributed by atoms with Crippen LogP contribution in [0, 0.1) is 6.92 Å². The van der Waals surface area contributed by atoms with E-state index in [-0.39, 0.29) is 4.90 Å². The zero-order valence-electron chi connectivity index (χ0n) is 13.1. The molecule has 1 aromatic heterocycles. The van der Waals surface area contributed by atoms with Crippen LogP contribution >= 0.6 is 0 Å². The number of ether oxygens (including phenoxy) is 1. The van der Waals surface area contributed by atoms with Gasteiger partial charge in [0, 0.05) is 6.54 Å². The molecular weight excluding hydrogens is 318 g/mol. The summed E-state index contributed by atoms with van der Waals surface area (Å²) in [5, 5.41) is 3.76. The van der Waals surface area contributed by atoms with E-state index in [1.54, 1.807) is 31.2 Å². The number of nitrogens with zero attached hydrogens (tertiary/aromatic N) is 3. The van der Waals surface area contributed by atoms with Gasteiger partial charge in [-0.15, -0.1) is 0 Å². The third-order valence-corrected chi connectivity index (χ3v) is 5.70. The number of aromatic nitrogens is 2. The van der Waals surface area contributed by atoms with Gasteiger partial charge in [0.1, 0.15) is 11.8 Å². The quantitative estimate of drug-likeness (QED) is 0.832. The molecule has 0 spiro atoms. The normalized spacial score (nSPS) is 19.1. The molecule has 0 aliphatic carbocycles. The van der Waals surface area contributed by atoms with Crippen molar-refractivity contribution in [3.63, 3.8) is 0 Å². The molecule has 1 fully saturated rings. The van der Waals surface area contributed by atoms with Crippen molar-refractivity contribution in [2.24, 2.45) is 0 Å². The molecule has 7 nitrogen and oxygen atoms in total. The zero-order valence-corrected chi connectivity index (χ0v) is 13.9. The Morgan fingerprint density at radius 1 is 1.35 bits per heavy atom. The highest BCUT2D eigenvalue weighted by atomic mass is 32.2. The van der Waals surface area contributed by atoms with Crippen LogP contribution in [-0.4, -0.2) is 36.0 Å². The Hall–Kier alpha value is -1.93. The van der Waals surface area contributed by atoms with Gasteiger partial charge in [0.2, 0.25) is 15.9 Å². The lowest BCUT2D eigenvalue weighted by Crippen LogP contribution is -2.30. The van der Waals surface area contributed by atoms with Crippen molar-refractivity contribution in [2.75, 3.05) is 13.2 Å². The second kappa shape index (κ2) is 6.29. The van der Waals surface area contributed by atoms with Crippen molar-refractivity contribution < 1.29 is 17.7 Å². The molecule has 0 saturated carbocycles. The Balaban J connectivity index is 1.88. The van der Waals surface area contributed by atoms with Crippen LogP contribution in [0.2, 0.25) is 0 Å². The first-order chi connectivity index (χ1) is 11.0. The first-order valence-electron chi connectivity index (χ1n) is 7.57. The molecule has 0 radical (unpaired) electrons. The summed E-state index contributed by atoms with van der Waals surface area (Å²) in [5.41, 5.74) is 0. The van der Waals surface area contributed by atoms with E-state index in [2.05, 4.69) is 10.1 Å². The smallest absolute Gasteiger partial charge is 0.245 e. The van der Waals surface area contributed by atoms with Gasteiger partial charge in [0.25, 0.3) is 0 Å². The second-order valence-corrected chi connectivity index (χ2v) is 7.25. The van der Waals surface area contributed by atoms with E-state index in [4.69, 9.17) is 9.26 Å². The molecule has 0 N–H and O–H groups in total. The molecule has 1 saturated heterocycles. The Morgan fingerprint density at radius 2 is 2.09 bits per heavy atom. The number of hydrogen-bond acceptors (Lipinski definition) is 6. The number of sulfonamides is 1. The van der Waals surface area contributed by atoms with Gasteiger partial charge in [-0.2, -0.15) is 9.29 Å². The van der Waals surface area contributed by atoms with Crippen molar-refractivity contribution in [1.82, 2.24) is 14.4 Å². The Kier molecular flexibility index (Phi) is 4.36. The van der Waals surface area contributed by atoms with Gasteiger partial charge in [-0.25, -0.2) is 8.42 Å². The van der Waals surface area contributed by atoms with Crippen molar-refractivity contribution >= 4 is 10.0 Å². The van der Waals surface area contributed by atoms with Gasteiger partial charge in [0.15, 0.2) is 5.82 Å². The highest BCUT2D eigenvalue weighted by Gasteiger charge is 2.39. The van der Waals surface area contributed by atoms with E-state index in [9.17, 15) is 8.42 Å². The monoisotopic (exact) mass is 337 g/mol. The molecule has 0 bridgehead atoms. The largest absolute Gasteiger partial charge is 0.494 e. The van der Waals surface area contributed by atoms with Crippen LogP contribution in [0.25, 0.3) is 0 Å². The minimum atomic E-state index is -3.61. The molecule has 23 heavy (non-hydrogen) atoms.